The van der Waals surface area contributed by atoms with Crippen LogP contribution in [0.5, 0.6) is 0 Å². The van der Waals surface area contributed by atoms with Crippen molar-refractivity contribution in [3.63, 3.8) is 0 Å². The molecule has 2 aromatic heterocycles. The summed E-state index contributed by atoms with van der Waals surface area (Å²) in [4.78, 5) is 17.1. The van der Waals surface area contributed by atoms with E-state index in [4.69, 9.17) is 23.2 Å². The fourth-order valence-electron chi connectivity index (χ4n) is 1.95. The summed E-state index contributed by atoms with van der Waals surface area (Å²) in [6.45, 7) is 0. The minimum absolute atomic E-state index is 0.171. The largest absolute Gasteiger partial charge is 0.550 e. The van der Waals surface area contributed by atoms with E-state index in [1.165, 1.54) is 22.7 Å². The molecule has 0 aliphatic carbocycles. The maximum absolute atomic E-state index is 11.0. The Labute approximate surface area is 144 Å². The molecule has 1 aromatic carbocycles. The molecule has 0 bridgehead atoms. The zero-order valence-corrected chi connectivity index (χ0v) is 14.2. The van der Waals surface area contributed by atoms with Gasteiger partial charge in [0.25, 0.3) is 0 Å². The van der Waals surface area contributed by atoms with Crippen LogP contribution >= 0.6 is 45.9 Å². The van der Waals surface area contributed by atoms with Gasteiger partial charge in [0.1, 0.15) is 5.01 Å². The van der Waals surface area contributed by atoms with Gasteiger partial charge in [0.2, 0.25) is 0 Å². The number of aromatic nitrogens is 1. The van der Waals surface area contributed by atoms with Crippen LogP contribution in [0, 0.1) is 0 Å². The van der Waals surface area contributed by atoms with Gasteiger partial charge in [-0.3, -0.25) is 0 Å². The molecule has 0 unspecified atom stereocenters. The van der Waals surface area contributed by atoms with Crippen molar-refractivity contribution in [2.24, 2.45) is 0 Å². The Morgan fingerprint density at radius 3 is 2.41 bits per heavy atom. The third kappa shape index (κ3) is 3.33. The second kappa shape index (κ2) is 6.38. The molecule has 3 aromatic rings. The molecule has 0 aliphatic heterocycles. The van der Waals surface area contributed by atoms with Crippen LogP contribution in [-0.4, -0.2) is 11.0 Å². The van der Waals surface area contributed by atoms with Gasteiger partial charge in [0, 0.05) is 27.9 Å². The van der Waals surface area contributed by atoms with E-state index < -0.39 is 5.97 Å². The first kappa shape index (κ1) is 15.5. The lowest BCUT2D eigenvalue weighted by Gasteiger charge is -2.00. The summed E-state index contributed by atoms with van der Waals surface area (Å²) < 4.78 is 0.635. The number of aliphatic carboxylic acids is 1. The number of nitrogens with zero attached hydrogens (tertiary/aromatic N) is 1. The zero-order valence-electron chi connectivity index (χ0n) is 11.0. The lowest BCUT2D eigenvalue weighted by atomic mass is 10.2. The molecular weight excluding hydrogens is 361 g/mol. The zero-order chi connectivity index (χ0) is 15.7. The van der Waals surface area contributed by atoms with Crippen LogP contribution in [0.4, 0.5) is 0 Å². The first-order valence-corrected chi connectivity index (χ1v) is 8.63. The van der Waals surface area contributed by atoms with Gasteiger partial charge in [-0.25, -0.2) is 4.98 Å². The molecular formula is C15H8Cl2NO2S2-. The van der Waals surface area contributed by atoms with Gasteiger partial charge in [-0.05, 0) is 24.3 Å². The summed E-state index contributed by atoms with van der Waals surface area (Å²) in [6, 6.07) is 10.9. The summed E-state index contributed by atoms with van der Waals surface area (Å²) >= 11 is 14.6. The number of hydrogen-bond donors (Lipinski definition) is 0. The van der Waals surface area contributed by atoms with Crippen molar-refractivity contribution in [3.05, 3.63) is 50.6 Å². The monoisotopic (exact) mass is 368 g/mol. The van der Waals surface area contributed by atoms with Gasteiger partial charge in [-0.15, -0.1) is 22.7 Å². The molecule has 0 amide bonds. The van der Waals surface area contributed by atoms with Crippen LogP contribution in [-0.2, 0) is 11.2 Å². The molecule has 0 radical (unpaired) electrons. The van der Waals surface area contributed by atoms with Crippen LogP contribution < -0.4 is 5.11 Å². The summed E-state index contributed by atoms with van der Waals surface area (Å²) in [6.07, 6.45) is -0.171. The number of thiophene rings is 1. The Morgan fingerprint density at radius 1 is 1.09 bits per heavy atom. The number of benzene rings is 1. The number of carboxylic acids is 1. The fraction of sp³-hybridized carbons (Fsp3) is 0.0667. The standard InChI is InChI=1S/C15H9Cl2NO2S2/c16-9-3-1-8(2-4-9)15-18-14(10-5-6-12(17)21-10)11(22-15)7-13(19)20/h1-6H,7H2,(H,19,20)/p-1. The van der Waals surface area contributed by atoms with Gasteiger partial charge in [-0.2, -0.15) is 0 Å². The second-order valence-corrected chi connectivity index (χ2v) is 7.69. The Kier molecular flexibility index (Phi) is 4.49. The normalized spacial score (nSPS) is 10.8. The lowest BCUT2D eigenvalue weighted by molar-refractivity contribution is -0.304. The average Bonchev–Trinajstić information content (AvgIpc) is 3.05. The van der Waals surface area contributed by atoms with E-state index >= 15 is 0 Å². The molecule has 0 aliphatic rings. The summed E-state index contributed by atoms with van der Waals surface area (Å²) in [7, 11) is 0. The fourth-order valence-corrected chi connectivity index (χ4v) is 4.27. The van der Waals surface area contributed by atoms with Crippen LogP contribution in [0.1, 0.15) is 4.88 Å². The van der Waals surface area contributed by atoms with E-state index in [9.17, 15) is 9.90 Å². The predicted molar refractivity (Wildman–Crippen MR) is 89.6 cm³/mol. The molecule has 0 atom stereocenters. The SMILES string of the molecule is O=C([O-])Cc1sc(-c2ccc(Cl)cc2)nc1-c1ccc(Cl)s1. The lowest BCUT2D eigenvalue weighted by Crippen LogP contribution is -2.24. The van der Waals surface area contributed by atoms with Gasteiger partial charge in [0.15, 0.2) is 0 Å². The van der Waals surface area contributed by atoms with Gasteiger partial charge in [0.05, 0.1) is 14.9 Å². The highest BCUT2D eigenvalue weighted by molar-refractivity contribution is 7.20. The molecule has 0 N–H and O–H groups in total. The minimum atomic E-state index is -1.13. The van der Waals surface area contributed by atoms with Crippen molar-refractivity contribution < 1.29 is 9.90 Å². The highest BCUT2D eigenvalue weighted by atomic mass is 35.5. The van der Waals surface area contributed by atoms with E-state index in [0.717, 1.165) is 15.4 Å². The minimum Gasteiger partial charge on any atom is -0.550 e. The molecule has 3 nitrogen and oxygen atoms in total. The van der Waals surface area contributed by atoms with E-state index in [2.05, 4.69) is 4.98 Å². The highest BCUT2D eigenvalue weighted by Crippen LogP contribution is 2.38. The number of halogens is 2. The third-order valence-corrected chi connectivity index (χ3v) is 5.49. The average molecular weight is 369 g/mol. The van der Waals surface area contributed by atoms with Crippen LogP contribution in [0.25, 0.3) is 21.1 Å². The topological polar surface area (TPSA) is 53.0 Å². The summed E-state index contributed by atoms with van der Waals surface area (Å²) in [5.74, 6) is -1.13. The first-order chi connectivity index (χ1) is 10.5. The maximum Gasteiger partial charge on any atom is 0.124 e. The Morgan fingerprint density at radius 2 is 1.82 bits per heavy atom. The van der Waals surface area contributed by atoms with E-state index in [0.29, 0.717) is 19.9 Å². The number of carbonyl (C=O) groups is 1. The summed E-state index contributed by atoms with van der Waals surface area (Å²) in [5, 5.41) is 12.4. The maximum atomic E-state index is 11.0. The Hall–Kier alpha value is -1.40. The molecule has 2 heterocycles. The quantitative estimate of drug-likeness (QED) is 0.695. The highest BCUT2D eigenvalue weighted by Gasteiger charge is 2.16. The Balaban J connectivity index is 2.07. The molecule has 0 saturated heterocycles. The number of rotatable bonds is 4. The van der Waals surface area contributed by atoms with Gasteiger partial charge < -0.3 is 9.90 Å². The number of thiazole rings is 1. The van der Waals surface area contributed by atoms with Gasteiger partial charge in [-0.1, -0.05) is 35.3 Å². The molecule has 22 heavy (non-hydrogen) atoms. The van der Waals surface area contributed by atoms with E-state index in [1.54, 1.807) is 18.2 Å². The predicted octanol–water partition coefficient (Wildman–Crippen LogP) is 4.14. The van der Waals surface area contributed by atoms with Crippen LogP contribution in [0.3, 0.4) is 0 Å². The number of hydrogen-bond acceptors (Lipinski definition) is 5. The van der Waals surface area contributed by atoms with E-state index in [-0.39, 0.29) is 6.42 Å². The van der Waals surface area contributed by atoms with Crippen molar-refractivity contribution in [1.29, 1.82) is 0 Å². The molecule has 7 heteroatoms. The smallest absolute Gasteiger partial charge is 0.124 e. The van der Waals surface area contributed by atoms with Crippen molar-refractivity contribution >= 4 is 51.8 Å². The van der Waals surface area contributed by atoms with Crippen LogP contribution in [0.2, 0.25) is 9.36 Å². The van der Waals surface area contributed by atoms with Gasteiger partial charge >= 0.3 is 0 Å². The third-order valence-electron chi connectivity index (χ3n) is 2.90. The first-order valence-electron chi connectivity index (χ1n) is 6.24. The Bertz CT molecular complexity index is 824. The van der Waals surface area contributed by atoms with Crippen LogP contribution in [0.15, 0.2) is 36.4 Å². The number of carbonyl (C=O) groups excluding carboxylic acids is 1. The number of carboxylic acid groups (broad SMARTS) is 1. The molecule has 3 rings (SSSR count). The van der Waals surface area contributed by atoms with Crippen molar-refractivity contribution in [2.45, 2.75) is 6.42 Å². The second-order valence-electron chi connectivity index (χ2n) is 4.45. The molecule has 0 saturated carbocycles. The van der Waals surface area contributed by atoms with Crippen molar-refractivity contribution in [1.82, 2.24) is 4.98 Å². The summed E-state index contributed by atoms with van der Waals surface area (Å²) in [5.41, 5.74) is 1.54. The molecule has 0 spiro atoms. The van der Waals surface area contributed by atoms with Crippen molar-refractivity contribution in [2.75, 3.05) is 0 Å². The molecule has 112 valence electrons. The van der Waals surface area contributed by atoms with Crippen molar-refractivity contribution in [3.8, 4) is 21.1 Å². The van der Waals surface area contributed by atoms with E-state index in [1.807, 2.05) is 18.2 Å². The molecule has 0 fully saturated rings.